The Morgan fingerprint density at radius 1 is 1.07 bits per heavy atom. The molecule has 152 valence electrons. The van der Waals surface area contributed by atoms with Crippen LogP contribution in [0.5, 0.6) is 0 Å². The molecule has 0 spiro atoms. The van der Waals surface area contributed by atoms with Crippen molar-refractivity contribution in [2.24, 2.45) is 0 Å². The van der Waals surface area contributed by atoms with E-state index < -0.39 is 0 Å². The molecular formula is C21H17Cl2N5O2. The average Bonchev–Trinajstić information content (AvgIpc) is 3.15. The van der Waals surface area contributed by atoms with Crippen molar-refractivity contribution in [2.45, 2.75) is 13.1 Å². The third-order valence-electron chi connectivity index (χ3n) is 4.62. The van der Waals surface area contributed by atoms with E-state index in [1.807, 2.05) is 12.1 Å². The number of nitrogens with one attached hydrogen (secondary N) is 1. The van der Waals surface area contributed by atoms with Crippen molar-refractivity contribution in [3.8, 4) is 0 Å². The summed E-state index contributed by atoms with van der Waals surface area (Å²) in [6.07, 6.45) is 3.00. The summed E-state index contributed by atoms with van der Waals surface area (Å²) in [5.74, 6) is -0.268. The Balaban J connectivity index is 1.46. The van der Waals surface area contributed by atoms with Gasteiger partial charge < -0.3 is 5.32 Å². The van der Waals surface area contributed by atoms with Crippen LogP contribution in [0, 0.1) is 0 Å². The van der Waals surface area contributed by atoms with Gasteiger partial charge in [-0.15, -0.1) is 0 Å². The lowest BCUT2D eigenvalue weighted by atomic mass is 10.2. The van der Waals surface area contributed by atoms with Crippen molar-refractivity contribution in [3.05, 3.63) is 92.6 Å². The van der Waals surface area contributed by atoms with Gasteiger partial charge in [-0.3, -0.25) is 14.2 Å². The van der Waals surface area contributed by atoms with Crippen molar-refractivity contribution in [3.63, 3.8) is 0 Å². The number of hydrogen-bond acceptors (Lipinski definition) is 4. The van der Waals surface area contributed by atoms with Gasteiger partial charge in [0.05, 0.1) is 29.9 Å². The van der Waals surface area contributed by atoms with Crippen LogP contribution in [0.15, 0.2) is 65.8 Å². The zero-order valence-electron chi connectivity index (χ0n) is 15.8. The van der Waals surface area contributed by atoms with Crippen LogP contribution < -0.4 is 10.9 Å². The first-order chi connectivity index (χ1) is 14.5. The molecule has 7 nitrogen and oxygen atoms in total. The summed E-state index contributed by atoms with van der Waals surface area (Å²) in [5, 5.41) is 8.50. The van der Waals surface area contributed by atoms with E-state index in [4.69, 9.17) is 23.2 Å². The Kier molecular flexibility index (Phi) is 5.83. The molecule has 0 saturated heterocycles. The first-order valence-corrected chi connectivity index (χ1v) is 9.96. The molecule has 0 fully saturated rings. The SMILES string of the molecule is O=C(NCCn1ncc2c(=O)n(Cc3ccc(Cl)cc3)cnc21)c1ccccc1Cl. The quantitative estimate of drug-likeness (QED) is 0.497. The van der Waals surface area contributed by atoms with Crippen molar-refractivity contribution < 1.29 is 4.79 Å². The normalized spacial score (nSPS) is 11.0. The van der Waals surface area contributed by atoms with Gasteiger partial charge in [-0.25, -0.2) is 9.67 Å². The molecule has 9 heteroatoms. The molecule has 1 amide bonds. The molecule has 0 radical (unpaired) electrons. The molecule has 2 heterocycles. The maximum Gasteiger partial charge on any atom is 0.264 e. The molecule has 0 aliphatic carbocycles. The molecule has 0 aliphatic rings. The van der Waals surface area contributed by atoms with Crippen LogP contribution in [0.4, 0.5) is 0 Å². The van der Waals surface area contributed by atoms with Gasteiger partial charge >= 0.3 is 0 Å². The summed E-state index contributed by atoms with van der Waals surface area (Å²) in [6.45, 7) is 1.07. The van der Waals surface area contributed by atoms with Crippen LogP contribution in [-0.4, -0.2) is 31.8 Å². The van der Waals surface area contributed by atoms with Crippen molar-refractivity contribution in [1.29, 1.82) is 0 Å². The standard InChI is InChI=1S/C21H17Cl2N5O2/c22-15-7-5-14(6-8-15)12-27-13-25-19-17(21(27)30)11-26-28(19)10-9-24-20(29)16-3-1-2-4-18(16)23/h1-8,11,13H,9-10,12H2,(H,24,29). The van der Waals surface area contributed by atoms with E-state index in [0.717, 1.165) is 5.56 Å². The van der Waals surface area contributed by atoms with Gasteiger partial charge in [-0.05, 0) is 29.8 Å². The zero-order chi connectivity index (χ0) is 21.1. The summed E-state index contributed by atoms with van der Waals surface area (Å²) in [4.78, 5) is 29.4. The molecule has 4 aromatic rings. The Hall–Kier alpha value is -3.16. The molecule has 0 aliphatic heterocycles. The first kappa shape index (κ1) is 20.1. The minimum Gasteiger partial charge on any atom is -0.350 e. The lowest BCUT2D eigenvalue weighted by molar-refractivity contribution is 0.0952. The summed E-state index contributed by atoms with van der Waals surface area (Å²) in [7, 11) is 0. The molecule has 30 heavy (non-hydrogen) atoms. The second kappa shape index (κ2) is 8.69. The van der Waals surface area contributed by atoms with Crippen LogP contribution in [0.25, 0.3) is 11.0 Å². The van der Waals surface area contributed by atoms with E-state index in [1.165, 1.54) is 17.1 Å². The predicted octanol–water partition coefficient (Wildman–Crippen LogP) is 3.38. The Morgan fingerprint density at radius 2 is 1.83 bits per heavy atom. The van der Waals surface area contributed by atoms with Crippen molar-refractivity contribution in [1.82, 2.24) is 24.6 Å². The molecule has 1 N–H and O–H groups in total. The Labute approximate surface area is 181 Å². The van der Waals surface area contributed by atoms with Gasteiger partial charge in [0.25, 0.3) is 11.5 Å². The van der Waals surface area contributed by atoms with Gasteiger partial charge in [0.1, 0.15) is 11.7 Å². The fraction of sp³-hybridized carbons (Fsp3) is 0.143. The summed E-state index contributed by atoms with van der Waals surface area (Å²) < 4.78 is 3.12. The molecule has 4 rings (SSSR count). The zero-order valence-corrected chi connectivity index (χ0v) is 17.3. The summed E-state index contributed by atoms with van der Waals surface area (Å²) in [5.41, 5.74) is 1.64. The van der Waals surface area contributed by atoms with E-state index in [1.54, 1.807) is 41.1 Å². The monoisotopic (exact) mass is 441 g/mol. The van der Waals surface area contributed by atoms with E-state index >= 15 is 0 Å². The number of carbonyl (C=O) groups excluding carboxylic acids is 1. The molecule has 0 bridgehead atoms. The third-order valence-corrected chi connectivity index (χ3v) is 5.20. The maximum absolute atomic E-state index is 12.8. The topological polar surface area (TPSA) is 81.8 Å². The highest BCUT2D eigenvalue weighted by Crippen LogP contribution is 2.14. The fourth-order valence-corrected chi connectivity index (χ4v) is 3.42. The number of hydrogen-bond donors (Lipinski definition) is 1. The molecule has 0 saturated carbocycles. The second-order valence-electron chi connectivity index (χ2n) is 6.64. The van der Waals surface area contributed by atoms with Crippen molar-refractivity contribution in [2.75, 3.05) is 6.54 Å². The minimum atomic E-state index is -0.268. The number of rotatable bonds is 6. The summed E-state index contributed by atoms with van der Waals surface area (Å²) in [6, 6.07) is 14.1. The highest BCUT2D eigenvalue weighted by Gasteiger charge is 2.12. The van der Waals surface area contributed by atoms with E-state index in [9.17, 15) is 9.59 Å². The smallest absolute Gasteiger partial charge is 0.264 e. The summed E-state index contributed by atoms with van der Waals surface area (Å²) >= 11 is 11.9. The molecule has 2 aromatic heterocycles. The number of fused-ring (bicyclic) bond motifs is 1. The minimum absolute atomic E-state index is 0.179. The van der Waals surface area contributed by atoms with Crippen LogP contribution >= 0.6 is 23.2 Å². The average molecular weight is 442 g/mol. The Bertz CT molecular complexity index is 1260. The van der Waals surface area contributed by atoms with Crippen LogP contribution in [0.1, 0.15) is 15.9 Å². The number of halogens is 2. The molecular weight excluding hydrogens is 425 g/mol. The highest BCUT2D eigenvalue weighted by molar-refractivity contribution is 6.33. The molecule has 2 aromatic carbocycles. The number of aromatic nitrogens is 4. The maximum atomic E-state index is 12.8. The number of amides is 1. The Morgan fingerprint density at radius 3 is 2.60 bits per heavy atom. The van der Waals surface area contributed by atoms with Crippen molar-refractivity contribution >= 4 is 40.1 Å². The second-order valence-corrected chi connectivity index (χ2v) is 7.49. The largest absolute Gasteiger partial charge is 0.350 e. The number of benzene rings is 2. The lowest BCUT2D eigenvalue weighted by Crippen LogP contribution is -2.28. The lowest BCUT2D eigenvalue weighted by Gasteiger charge is -2.08. The van der Waals surface area contributed by atoms with Crippen LogP contribution in [-0.2, 0) is 13.1 Å². The van der Waals surface area contributed by atoms with E-state index in [0.29, 0.717) is 46.3 Å². The van der Waals surface area contributed by atoms with E-state index in [-0.39, 0.29) is 11.5 Å². The van der Waals surface area contributed by atoms with Gasteiger partial charge in [0, 0.05) is 11.6 Å². The van der Waals surface area contributed by atoms with Gasteiger partial charge in [0.15, 0.2) is 5.65 Å². The number of nitrogens with zero attached hydrogens (tertiary/aromatic N) is 4. The van der Waals surface area contributed by atoms with E-state index in [2.05, 4.69) is 15.4 Å². The van der Waals surface area contributed by atoms with Crippen LogP contribution in [0.3, 0.4) is 0 Å². The third kappa shape index (κ3) is 4.22. The predicted molar refractivity (Wildman–Crippen MR) is 116 cm³/mol. The van der Waals surface area contributed by atoms with Gasteiger partial charge in [-0.2, -0.15) is 5.10 Å². The highest BCUT2D eigenvalue weighted by atomic mass is 35.5. The van der Waals surface area contributed by atoms with Gasteiger partial charge in [-0.1, -0.05) is 47.5 Å². The number of carbonyl (C=O) groups is 1. The van der Waals surface area contributed by atoms with Gasteiger partial charge in [0.2, 0.25) is 0 Å². The molecule has 0 unspecified atom stereocenters. The molecule has 0 atom stereocenters. The fourth-order valence-electron chi connectivity index (χ4n) is 3.08. The first-order valence-electron chi connectivity index (χ1n) is 9.21. The van der Waals surface area contributed by atoms with Crippen LogP contribution in [0.2, 0.25) is 10.0 Å².